The molecule has 0 atom stereocenters. The topological polar surface area (TPSA) is 52.7 Å². The smallest absolute Gasteiger partial charge is 0.253 e. The van der Waals surface area contributed by atoms with Gasteiger partial charge in [-0.05, 0) is 121 Å². The molecule has 48 heavy (non-hydrogen) atoms. The van der Waals surface area contributed by atoms with Crippen LogP contribution in [0.1, 0.15) is 71.3 Å². The number of hydrogen-bond acceptors (Lipinski definition) is 4. The van der Waals surface area contributed by atoms with Crippen molar-refractivity contribution in [2.45, 2.75) is 64.3 Å². The molecule has 0 bridgehead atoms. The van der Waals surface area contributed by atoms with E-state index in [0.717, 1.165) is 76.5 Å². The first-order chi connectivity index (χ1) is 23.5. The number of benzene rings is 3. The van der Waals surface area contributed by atoms with Crippen molar-refractivity contribution < 1.29 is 9.59 Å². The molecule has 0 aliphatic carbocycles. The second-order valence-electron chi connectivity index (χ2n) is 13.6. The number of halogens is 1. The molecule has 7 heteroatoms. The molecule has 3 heterocycles. The first-order valence-electron chi connectivity index (χ1n) is 17.7. The minimum absolute atomic E-state index is 0.123. The molecule has 0 radical (unpaired) electrons. The molecule has 2 aliphatic rings. The van der Waals surface area contributed by atoms with Crippen molar-refractivity contribution in [3.8, 4) is 11.1 Å². The maximum Gasteiger partial charge on any atom is 0.253 e. The van der Waals surface area contributed by atoms with E-state index >= 15 is 0 Å². The Morgan fingerprint density at radius 3 is 2.25 bits per heavy atom. The van der Waals surface area contributed by atoms with Crippen molar-refractivity contribution in [2.75, 3.05) is 32.7 Å². The fraction of sp³-hybridized carbons (Fsp3) is 0.415. The normalized spacial score (nSPS) is 15.8. The number of carbonyl (C=O) groups is 2. The van der Waals surface area contributed by atoms with Crippen LogP contribution >= 0.6 is 27.3 Å². The Morgan fingerprint density at radius 1 is 0.812 bits per heavy atom. The van der Waals surface area contributed by atoms with Crippen LogP contribution in [0.3, 0.4) is 0 Å². The molecule has 0 saturated carbocycles. The minimum Gasteiger partial charge on any atom is -0.339 e. The van der Waals surface area contributed by atoms with E-state index in [1.807, 2.05) is 47.4 Å². The second kappa shape index (κ2) is 17.4. The molecule has 1 aromatic heterocycles. The van der Waals surface area contributed by atoms with E-state index in [1.54, 1.807) is 11.3 Å². The number of likely N-dealkylation sites (tertiary alicyclic amines) is 1. The average Bonchev–Trinajstić information content (AvgIpc) is 3.65. The lowest BCUT2D eigenvalue weighted by atomic mass is 9.87. The van der Waals surface area contributed by atoms with E-state index in [-0.39, 0.29) is 11.8 Å². The van der Waals surface area contributed by atoms with Gasteiger partial charge in [0.2, 0.25) is 5.91 Å². The molecule has 2 aliphatic heterocycles. The summed E-state index contributed by atoms with van der Waals surface area (Å²) in [4.78, 5) is 32.5. The van der Waals surface area contributed by atoms with Crippen molar-refractivity contribution in [1.29, 1.82) is 0 Å². The number of piperidine rings is 2. The molecular weight excluding hydrogens is 678 g/mol. The minimum atomic E-state index is 0.123. The lowest BCUT2D eigenvalue weighted by molar-refractivity contribution is -0.131. The van der Waals surface area contributed by atoms with E-state index in [1.165, 1.54) is 50.1 Å². The molecular formula is C41H48BrN3O2S. The van der Waals surface area contributed by atoms with Crippen LogP contribution in [0.15, 0.2) is 94.8 Å². The van der Waals surface area contributed by atoms with E-state index in [2.05, 4.69) is 74.0 Å². The van der Waals surface area contributed by atoms with Gasteiger partial charge in [0.15, 0.2) is 0 Å². The van der Waals surface area contributed by atoms with Gasteiger partial charge in [-0.3, -0.25) is 9.59 Å². The lowest BCUT2D eigenvalue weighted by Crippen LogP contribution is -2.38. The van der Waals surface area contributed by atoms with Crippen LogP contribution in [-0.2, 0) is 24.2 Å². The van der Waals surface area contributed by atoms with Crippen LogP contribution in [0.4, 0.5) is 0 Å². The molecule has 0 unspecified atom stereocenters. The molecule has 1 N–H and O–H groups in total. The summed E-state index contributed by atoms with van der Waals surface area (Å²) >= 11 is 5.23. The highest BCUT2D eigenvalue weighted by atomic mass is 79.9. The van der Waals surface area contributed by atoms with E-state index in [9.17, 15) is 9.59 Å². The summed E-state index contributed by atoms with van der Waals surface area (Å²) < 4.78 is 1.01. The Labute approximate surface area is 298 Å². The van der Waals surface area contributed by atoms with Gasteiger partial charge in [0.1, 0.15) is 0 Å². The zero-order valence-corrected chi connectivity index (χ0v) is 30.3. The summed E-state index contributed by atoms with van der Waals surface area (Å²) in [7, 11) is 0. The highest BCUT2D eigenvalue weighted by Gasteiger charge is 2.24. The zero-order valence-electron chi connectivity index (χ0n) is 27.9. The first-order valence-corrected chi connectivity index (χ1v) is 19.4. The second-order valence-corrected chi connectivity index (χ2v) is 15.5. The predicted molar refractivity (Wildman–Crippen MR) is 201 cm³/mol. The van der Waals surface area contributed by atoms with Crippen molar-refractivity contribution in [3.63, 3.8) is 0 Å². The van der Waals surface area contributed by atoms with Gasteiger partial charge in [-0.15, -0.1) is 11.3 Å². The average molecular weight is 727 g/mol. The fourth-order valence-electron chi connectivity index (χ4n) is 7.25. The predicted octanol–water partition coefficient (Wildman–Crippen LogP) is 9.01. The van der Waals surface area contributed by atoms with Crippen LogP contribution in [0.2, 0.25) is 0 Å². The van der Waals surface area contributed by atoms with E-state index in [0.29, 0.717) is 19.5 Å². The SMILES string of the molecule is O=C(Cc1ccc(Br)cc1)N(CCc1cccs1)Cc1cccc(-c2cccc(C(=O)N3CCC(CCCC4CCNCC4)CC3)c2)c1. The molecule has 6 rings (SSSR count). The molecule has 2 amide bonds. The van der Waals surface area contributed by atoms with Gasteiger partial charge >= 0.3 is 0 Å². The molecule has 2 fully saturated rings. The molecule has 2 saturated heterocycles. The summed E-state index contributed by atoms with van der Waals surface area (Å²) in [5.74, 6) is 1.91. The number of rotatable bonds is 13. The van der Waals surface area contributed by atoms with Crippen molar-refractivity contribution in [2.24, 2.45) is 11.8 Å². The Balaban J connectivity index is 1.07. The maximum atomic E-state index is 13.6. The van der Waals surface area contributed by atoms with Crippen LogP contribution < -0.4 is 5.32 Å². The summed E-state index contributed by atoms with van der Waals surface area (Å²) in [5.41, 5.74) is 4.94. The molecule has 0 spiro atoms. The number of amides is 2. The Bertz CT molecular complexity index is 1610. The Kier molecular flexibility index (Phi) is 12.6. The van der Waals surface area contributed by atoms with Crippen molar-refractivity contribution in [3.05, 3.63) is 116 Å². The molecule has 5 nitrogen and oxygen atoms in total. The molecule has 4 aromatic rings. The third-order valence-electron chi connectivity index (χ3n) is 10.2. The van der Waals surface area contributed by atoms with Crippen LogP contribution in [0.5, 0.6) is 0 Å². The number of nitrogens with one attached hydrogen (secondary N) is 1. The third-order valence-corrected chi connectivity index (χ3v) is 11.6. The highest BCUT2D eigenvalue weighted by Crippen LogP contribution is 2.28. The van der Waals surface area contributed by atoms with Crippen LogP contribution in [0.25, 0.3) is 11.1 Å². The van der Waals surface area contributed by atoms with Gasteiger partial charge in [-0.25, -0.2) is 0 Å². The van der Waals surface area contributed by atoms with Crippen molar-refractivity contribution >= 4 is 39.1 Å². The zero-order chi connectivity index (χ0) is 33.1. The van der Waals surface area contributed by atoms with Crippen LogP contribution in [-0.4, -0.2) is 54.3 Å². The van der Waals surface area contributed by atoms with Gasteiger partial charge in [-0.2, -0.15) is 0 Å². The fourth-order valence-corrected chi connectivity index (χ4v) is 8.22. The van der Waals surface area contributed by atoms with E-state index < -0.39 is 0 Å². The standard InChI is InChI=1S/C41H48BrN3O2S/c42-38-14-12-33(13-15-38)28-40(46)45(25-20-39-11-4-26-48-39)30-34-7-2-8-35(27-34)36-9-3-10-37(29-36)41(47)44-23-18-32(19-24-44)6-1-5-31-16-21-43-22-17-31/h2-4,7-15,26-27,29,31-32,43H,1,5-6,16-25,28,30H2. The molecule has 252 valence electrons. The maximum absolute atomic E-state index is 13.6. The van der Waals surface area contributed by atoms with Gasteiger partial charge in [0.05, 0.1) is 6.42 Å². The van der Waals surface area contributed by atoms with Gasteiger partial charge in [-0.1, -0.05) is 83.7 Å². The summed E-state index contributed by atoms with van der Waals surface area (Å²) in [5, 5.41) is 5.56. The number of nitrogens with zero attached hydrogens (tertiary/aromatic N) is 2. The van der Waals surface area contributed by atoms with Crippen LogP contribution in [0, 0.1) is 11.8 Å². The Morgan fingerprint density at radius 2 is 1.52 bits per heavy atom. The quantitative estimate of drug-likeness (QED) is 0.150. The lowest BCUT2D eigenvalue weighted by Gasteiger charge is -2.32. The third kappa shape index (κ3) is 9.90. The Hall–Kier alpha value is -3.26. The number of hydrogen-bond donors (Lipinski definition) is 1. The largest absolute Gasteiger partial charge is 0.339 e. The van der Waals surface area contributed by atoms with Gasteiger partial charge in [0.25, 0.3) is 5.91 Å². The summed E-state index contributed by atoms with van der Waals surface area (Å²) in [6.07, 6.45) is 10.1. The van der Waals surface area contributed by atoms with Crippen molar-refractivity contribution in [1.82, 2.24) is 15.1 Å². The van der Waals surface area contributed by atoms with E-state index in [4.69, 9.17) is 0 Å². The highest BCUT2D eigenvalue weighted by molar-refractivity contribution is 9.10. The number of thiophene rings is 1. The first kappa shape index (κ1) is 34.6. The summed E-state index contributed by atoms with van der Waals surface area (Å²) in [6.45, 7) is 5.28. The summed E-state index contributed by atoms with van der Waals surface area (Å²) in [6, 6.07) is 28.7. The molecule has 3 aromatic carbocycles. The van der Waals surface area contributed by atoms with Gasteiger partial charge in [0, 0.05) is 41.1 Å². The van der Waals surface area contributed by atoms with Gasteiger partial charge < -0.3 is 15.1 Å². The monoisotopic (exact) mass is 725 g/mol. The number of carbonyl (C=O) groups excluding carboxylic acids is 2.